The van der Waals surface area contributed by atoms with Gasteiger partial charge in [-0.3, -0.25) is 4.79 Å². The van der Waals surface area contributed by atoms with Crippen LogP contribution in [0.2, 0.25) is 0 Å². The zero-order chi connectivity index (χ0) is 24.2. The quantitative estimate of drug-likeness (QED) is 0.410. The molecule has 36 heavy (non-hydrogen) atoms. The van der Waals surface area contributed by atoms with Gasteiger partial charge in [-0.2, -0.15) is 5.26 Å². The summed E-state index contributed by atoms with van der Waals surface area (Å²) in [6.07, 6.45) is 14.0. The third-order valence-corrected chi connectivity index (χ3v) is 7.76. The number of amides is 1. The lowest BCUT2D eigenvalue weighted by molar-refractivity contribution is 0.102. The van der Waals surface area contributed by atoms with Crippen molar-refractivity contribution in [3.63, 3.8) is 0 Å². The van der Waals surface area contributed by atoms with Gasteiger partial charge in [0.1, 0.15) is 11.5 Å². The molecular weight excluding hydrogens is 474 g/mol. The zero-order valence-electron chi connectivity index (χ0n) is 19.4. The van der Waals surface area contributed by atoms with Crippen LogP contribution in [0.5, 0.6) is 0 Å². The largest absolute Gasteiger partial charge is 0.366 e. The normalized spacial score (nSPS) is 17.6. The molecule has 1 N–H and O–H groups in total. The molecule has 5 heterocycles. The second kappa shape index (κ2) is 8.27. The number of nitrogens with zero attached hydrogens (tertiary/aromatic N) is 8. The monoisotopic (exact) mass is 497 g/mol. The van der Waals surface area contributed by atoms with Crippen molar-refractivity contribution in [2.45, 2.75) is 37.6 Å². The summed E-state index contributed by atoms with van der Waals surface area (Å²) in [7, 11) is 0. The highest BCUT2D eigenvalue weighted by atomic mass is 32.1. The van der Waals surface area contributed by atoms with Gasteiger partial charge in [-0.25, -0.2) is 19.9 Å². The molecule has 0 spiro atoms. The third-order valence-electron chi connectivity index (χ3n) is 6.92. The molecule has 3 fully saturated rings. The molecular formula is C25H23N9OS. The lowest BCUT2D eigenvalue weighted by Gasteiger charge is -2.38. The van der Waals surface area contributed by atoms with Crippen LogP contribution in [-0.4, -0.2) is 48.1 Å². The Morgan fingerprint density at radius 2 is 2.00 bits per heavy atom. The van der Waals surface area contributed by atoms with Crippen LogP contribution in [0.3, 0.4) is 0 Å². The molecule has 2 saturated carbocycles. The van der Waals surface area contributed by atoms with Gasteiger partial charge in [0.2, 0.25) is 0 Å². The van der Waals surface area contributed by atoms with E-state index in [0.717, 1.165) is 40.7 Å². The van der Waals surface area contributed by atoms with E-state index >= 15 is 0 Å². The standard InChI is InChI=1S/C25H23N9OS/c26-8-15-10-32(11-15)21-9-28-18(7-20(21)33-12-19(29-14-33)16-1-2-16)24(35)30-22-13-36-25(31-22)23-27-5-6-34(23)17-3-4-17/h5-7,9,12-17H,1-4,10-11H2,(H,30,35). The minimum Gasteiger partial charge on any atom is -0.366 e. The maximum atomic E-state index is 13.2. The van der Waals surface area contributed by atoms with Gasteiger partial charge in [-0.1, -0.05) is 0 Å². The summed E-state index contributed by atoms with van der Waals surface area (Å²) in [4.78, 5) is 33.4. The number of rotatable bonds is 7. The molecule has 180 valence electrons. The van der Waals surface area contributed by atoms with Crippen molar-refractivity contribution in [3.05, 3.63) is 53.9 Å². The van der Waals surface area contributed by atoms with Crippen LogP contribution >= 0.6 is 11.3 Å². The number of carbonyl (C=O) groups excluding carboxylic acids is 1. The fourth-order valence-electron chi connectivity index (χ4n) is 4.57. The summed E-state index contributed by atoms with van der Waals surface area (Å²) in [6.45, 7) is 1.30. The van der Waals surface area contributed by atoms with E-state index in [0.29, 0.717) is 36.6 Å². The highest BCUT2D eigenvalue weighted by Crippen LogP contribution is 2.40. The Hall–Kier alpha value is -4.04. The smallest absolute Gasteiger partial charge is 0.275 e. The van der Waals surface area contributed by atoms with Gasteiger partial charge in [0.05, 0.1) is 41.6 Å². The van der Waals surface area contributed by atoms with Crippen molar-refractivity contribution in [1.29, 1.82) is 5.26 Å². The molecule has 0 unspecified atom stereocenters. The Balaban J connectivity index is 1.15. The van der Waals surface area contributed by atoms with Gasteiger partial charge in [0, 0.05) is 49.0 Å². The summed E-state index contributed by atoms with van der Waals surface area (Å²) in [5, 5.41) is 14.7. The van der Waals surface area contributed by atoms with E-state index in [1.165, 1.54) is 24.2 Å². The van der Waals surface area contributed by atoms with Crippen molar-refractivity contribution in [3.8, 4) is 22.6 Å². The first-order valence-electron chi connectivity index (χ1n) is 12.1. The van der Waals surface area contributed by atoms with Crippen molar-refractivity contribution in [2.75, 3.05) is 23.3 Å². The molecule has 1 saturated heterocycles. The van der Waals surface area contributed by atoms with Crippen LogP contribution in [0.15, 0.2) is 42.6 Å². The van der Waals surface area contributed by atoms with E-state index in [4.69, 9.17) is 0 Å². The van der Waals surface area contributed by atoms with E-state index < -0.39 is 0 Å². The number of pyridine rings is 1. The molecule has 0 atom stereocenters. The second-order valence-corrected chi connectivity index (χ2v) is 10.5. The van der Waals surface area contributed by atoms with Gasteiger partial charge >= 0.3 is 0 Å². The first-order chi connectivity index (χ1) is 17.7. The highest BCUT2D eigenvalue weighted by Gasteiger charge is 2.31. The lowest BCUT2D eigenvalue weighted by Crippen LogP contribution is -2.46. The van der Waals surface area contributed by atoms with E-state index in [9.17, 15) is 10.1 Å². The van der Waals surface area contributed by atoms with Crippen molar-refractivity contribution in [1.82, 2.24) is 29.1 Å². The average molecular weight is 498 g/mol. The number of thiazole rings is 1. The molecule has 4 aromatic rings. The number of anilines is 2. The second-order valence-electron chi connectivity index (χ2n) is 9.65. The molecule has 10 nitrogen and oxygen atoms in total. The van der Waals surface area contributed by atoms with Crippen LogP contribution in [-0.2, 0) is 0 Å². The Kier molecular flexibility index (Phi) is 4.89. The zero-order valence-corrected chi connectivity index (χ0v) is 20.2. The first kappa shape index (κ1) is 21.3. The maximum Gasteiger partial charge on any atom is 0.275 e. The molecule has 0 radical (unpaired) electrons. The van der Waals surface area contributed by atoms with E-state index in [2.05, 4.69) is 40.8 Å². The topological polar surface area (TPSA) is 118 Å². The predicted octanol–water partition coefficient (Wildman–Crippen LogP) is 4.01. The Bertz CT molecular complexity index is 1500. The average Bonchev–Trinajstić information content (AvgIpc) is 3.74. The van der Waals surface area contributed by atoms with E-state index in [1.807, 2.05) is 22.3 Å². The molecule has 0 aromatic carbocycles. The molecule has 4 aromatic heterocycles. The van der Waals surface area contributed by atoms with Crippen molar-refractivity contribution < 1.29 is 4.79 Å². The van der Waals surface area contributed by atoms with Crippen LogP contribution in [0.1, 0.15) is 53.8 Å². The SMILES string of the molecule is N#CC1CN(c2cnc(C(=O)Nc3csc(-c4nccn4C4CC4)n3)cc2-n2cnc(C3CC3)c2)C1. The number of hydrogen-bond donors (Lipinski definition) is 1. The van der Waals surface area contributed by atoms with Crippen LogP contribution in [0.25, 0.3) is 16.5 Å². The highest BCUT2D eigenvalue weighted by molar-refractivity contribution is 7.13. The minimum atomic E-state index is -0.328. The van der Waals surface area contributed by atoms with Gasteiger partial charge in [-0.15, -0.1) is 11.3 Å². The van der Waals surface area contributed by atoms with Crippen LogP contribution in [0, 0.1) is 17.2 Å². The Morgan fingerprint density at radius 3 is 2.78 bits per heavy atom. The van der Waals surface area contributed by atoms with Crippen LogP contribution in [0.4, 0.5) is 11.5 Å². The Labute approximate surface area is 211 Å². The summed E-state index contributed by atoms with van der Waals surface area (Å²) >= 11 is 1.46. The molecule has 1 aliphatic heterocycles. The molecule has 3 aliphatic rings. The van der Waals surface area contributed by atoms with E-state index in [-0.39, 0.29) is 11.8 Å². The summed E-state index contributed by atoms with van der Waals surface area (Å²) < 4.78 is 4.12. The molecule has 1 amide bonds. The number of carbonyl (C=O) groups is 1. The van der Waals surface area contributed by atoms with E-state index in [1.54, 1.807) is 24.8 Å². The minimum absolute atomic E-state index is 0.0139. The fraction of sp³-hybridized carbons (Fsp3) is 0.360. The molecule has 2 aliphatic carbocycles. The van der Waals surface area contributed by atoms with Crippen molar-refractivity contribution >= 4 is 28.7 Å². The molecule has 11 heteroatoms. The number of nitrogens with one attached hydrogen (secondary N) is 1. The third kappa shape index (κ3) is 3.83. The number of hydrogen-bond acceptors (Lipinski definition) is 8. The lowest BCUT2D eigenvalue weighted by atomic mass is 10.0. The number of imidazole rings is 2. The van der Waals surface area contributed by atoms with Crippen molar-refractivity contribution in [2.24, 2.45) is 5.92 Å². The number of aromatic nitrogens is 6. The maximum absolute atomic E-state index is 13.2. The van der Waals surface area contributed by atoms with Crippen LogP contribution < -0.4 is 10.2 Å². The predicted molar refractivity (Wildman–Crippen MR) is 134 cm³/mol. The fourth-order valence-corrected chi connectivity index (χ4v) is 5.32. The molecule has 0 bridgehead atoms. The van der Waals surface area contributed by atoms with Gasteiger partial charge in [0.25, 0.3) is 5.91 Å². The van der Waals surface area contributed by atoms with Gasteiger partial charge in [-0.05, 0) is 31.7 Å². The van der Waals surface area contributed by atoms with Gasteiger partial charge in [0.15, 0.2) is 10.8 Å². The summed E-state index contributed by atoms with van der Waals surface area (Å²) in [6, 6.07) is 4.60. The van der Waals surface area contributed by atoms with Gasteiger partial charge < -0.3 is 19.4 Å². The summed E-state index contributed by atoms with van der Waals surface area (Å²) in [5.74, 6) is 1.53. The molecule has 7 rings (SSSR count). The Morgan fingerprint density at radius 1 is 1.14 bits per heavy atom. The summed E-state index contributed by atoms with van der Waals surface area (Å²) in [5.41, 5.74) is 3.08. The first-order valence-corrected chi connectivity index (χ1v) is 13.0. The number of nitriles is 1.